The number of anilines is 3. The van der Waals surface area contributed by atoms with E-state index < -0.39 is 17.6 Å². The lowest BCUT2D eigenvalue weighted by molar-refractivity contribution is -0.137. The Morgan fingerprint density at radius 3 is 2.35 bits per heavy atom. The van der Waals surface area contributed by atoms with Gasteiger partial charge in [-0.2, -0.15) is 13.2 Å². The lowest BCUT2D eigenvalue weighted by Crippen LogP contribution is -2.06. The Bertz CT molecular complexity index is 636. The molecule has 0 unspecified atom stereocenters. The quantitative estimate of drug-likeness (QED) is 0.630. The maximum Gasteiger partial charge on any atom is 0.416 e. The van der Waals surface area contributed by atoms with E-state index in [4.69, 9.17) is 5.73 Å². The van der Waals surface area contributed by atoms with E-state index in [1.807, 2.05) is 0 Å². The molecule has 0 aliphatic rings. The van der Waals surface area contributed by atoms with Gasteiger partial charge in [0.25, 0.3) is 0 Å². The number of nitrogens with one attached hydrogen (secondary N) is 1. The van der Waals surface area contributed by atoms with Gasteiger partial charge in [0.2, 0.25) is 0 Å². The molecule has 2 aromatic rings. The fourth-order valence-electron chi connectivity index (χ4n) is 1.72. The number of alkyl halides is 3. The summed E-state index contributed by atoms with van der Waals surface area (Å²) >= 11 is 0. The summed E-state index contributed by atoms with van der Waals surface area (Å²) in [6, 6.07) is 7.11. The average molecular weight is 284 g/mol. The Kier molecular flexibility index (Phi) is 3.57. The van der Waals surface area contributed by atoms with Crippen molar-refractivity contribution in [2.75, 3.05) is 11.1 Å². The third kappa shape index (κ3) is 3.01. The van der Waals surface area contributed by atoms with Gasteiger partial charge in [0.1, 0.15) is 5.82 Å². The van der Waals surface area contributed by atoms with Crippen LogP contribution in [0.3, 0.4) is 0 Å². The SMILES string of the molecule is Cc1ccc(N)cc1Nc1cc(C(F)(F)F)ccc1F. The summed E-state index contributed by atoms with van der Waals surface area (Å²) in [6.45, 7) is 1.74. The number of nitrogens with two attached hydrogens (primary N) is 1. The molecule has 0 bridgehead atoms. The molecule has 0 amide bonds. The molecule has 6 heteroatoms. The molecule has 0 fully saturated rings. The van der Waals surface area contributed by atoms with E-state index in [0.29, 0.717) is 17.4 Å². The Labute approximate surface area is 113 Å². The van der Waals surface area contributed by atoms with Gasteiger partial charge in [0, 0.05) is 11.4 Å². The largest absolute Gasteiger partial charge is 0.416 e. The van der Waals surface area contributed by atoms with E-state index >= 15 is 0 Å². The predicted octanol–water partition coefficient (Wildman–Crippen LogP) is 4.48. The van der Waals surface area contributed by atoms with Crippen molar-refractivity contribution in [3.63, 3.8) is 0 Å². The monoisotopic (exact) mass is 284 g/mol. The molecule has 0 aliphatic carbocycles. The highest BCUT2D eigenvalue weighted by atomic mass is 19.4. The highest BCUT2D eigenvalue weighted by molar-refractivity contribution is 5.67. The van der Waals surface area contributed by atoms with E-state index in [2.05, 4.69) is 5.32 Å². The first kappa shape index (κ1) is 14.2. The summed E-state index contributed by atoms with van der Waals surface area (Å²) in [7, 11) is 0. The van der Waals surface area contributed by atoms with Gasteiger partial charge in [-0.05, 0) is 42.8 Å². The third-order valence-corrected chi connectivity index (χ3v) is 2.82. The number of hydrogen-bond donors (Lipinski definition) is 2. The summed E-state index contributed by atoms with van der Waals surface area (Å²) in [6.07, 6.45) is -4.52. The van der Waals surface area contributed by atoms with Crippen molar-refractivity contribution in [2.45, 2.75) is 13.1 Å². The Balaban J connectivity index is 2.40. The van der Waals surface area contributed by atoms with Crippen LogP contribution in [0.15, 0.2) is 36.4 Å². The van der Waals surface area contributed by atoms with E-state index in [1.54, 1.807) is 19.1 Å². The highest BCUT2D eigenvalue weighted by Crippen LogP contribution is 2.33. The van der Waals surface area contributed by atoms with Gasteiger partial charge in [0.05, 0.1) is 11.3 Å². The zero-order chi connectivity index (χ0) is 14.9. The standard InChI is InChI=1S/C14H12F4N2/c1-8-2-4-10(19)7-12(8)20-13-6-9(14(16,17)18)3-5-11(13)15/h2-7,20H,19H2,1H3. The molecule has 0 spiro atoms. The second-order valence-electron chi connectivity index (χ2n) is 4.39. The van der Waals surface area contributed by atoms with Crippen LogP contribution in [0.2, 0.25) is 0 Å². The van der Waals surface area contributed by atoms with E-state index in [-0.39, 0.29) is 5.69 Å². The predicted molar refractivity (Wildman–Crippen MR) is 70.3 cm³/mol. The number of halogens is 4. The van der Waals surface area contributed by atoms with Gasteiger partial charge in [-0.1, -0.05) is 6.07 Å². The van der Waals surface area contributed by atoms with Gasteiger partial charge in [0.15, 0.2) is 0 Å². The van der Waals surface area contributed by atoms with E-state index in [0.717, 1.165) is 17.7 Å². The Hall–Kier alpha value is -2.24. The zero-order valence-electron chi connectivity index (χ0n) is 10.6. The topological polar surface area (TPSA) is 38.0 Å². The van der Waals surface area contributed by atoms with Crippen LogP contribution in [0.25, 0.3) is 0 Å². The van der Waals surface area contributed by atoms with Crippen LogP contribution in [0.4, 0.5) is 34.6 Å². The van der Waals surface area contributed by atoms with Crippen LogP contribution in [0.5, 0.6) is 0 Å². The van der Waals surface area contributed by atoms with Gasteiger partial charge in [-0.25, -0.2) is 4.39 Å². The molecule has 0 saturated carbocycles. The minimum atomic E-state index is -4.52. The molecule has 106 valence electrons. The summed E-state index contributed by atoms with van der Waals surface area (Å²) in [5, 5.41) is 2.64. The highest BCUT2D eigenvalue weighted by Gasteiger charge is 2.31. The molecule has 0 radical (unpaired) electrons. The van der Waals surface area contributed by atoms with Crippen LogP contribution >= 0.6 is 0 Å². The van der Waals surface area contributed by atoms with Gasteiger partial charge >= 0.3 is 6.18 Å². The molecule has 0 atom stereocenters. The first-order valence-electron chi connectivity index (χ1n) is 5.77. The van der Waals surface area contributed by atoms with Crippen molar-refractivity contribution in [2.24, 2.45) is 0 Å². The first-order chi connectivity index (χ1) is 9.27. The molecule has 2 rings (SSSR count). The summed E-state index contributed by atoms with van der Waals surface area (Å²) in [5.74, 6) is -0.764. The van der Waals surface area contributed by atoms with Crippen molar-refractivity contribution >= 4 is 17.1 Å². The number of hydrogen-bond acceptors (Lipinski definition) is 2. The normalized spacial score (nSPS) is 11.4. The average Bonchev–Trinajstić information content (AvgIpc) is 2.35. The number of benzene rings is 2. The van der Waals surface area contributed by atoms with E-state index in [1.165, 1.54) is 6.07 Å². The zero-order valence-corrected chi connectivity index (χ0v) is 10.6. The molecular formula is C14H12F4N2. The van der Waals surface area contributed by atoms with Gasteiger partial charge in [-0.3, -0.25) is 0 Å². The smallest absolute Gasteiger partial charge is 0.399 e. The molecule has 0 saturated heterocycles. The summed E-state index contributed by atoms with van der Waals surface area (Å²) in [4.78, 5) is 0. The van der Waals surface area contributed by atoms with E-state index in [9.17, 15) is 17.6 Å². The van der Waals surface area contributed by atoms with Crippen molar-refractivity contribution in [1.82, 2.24) is 0 Å². The summed E-state index contributed by atoms with van der Waals surface area (Å²) < 4.78 is 51.4. The van der Waals surface area contributed by atoms with Crippen molar-refractivity contribution in [3.05, 3.63) is 53.3 Å². The molecule has 0 aliphatic heterocycles. The van der Waals surface area contributed by atoms with Crippen molar-refractivity contribution in [3.8, 4) is 0 Å². The Morgan fingerprint density at radius 1 is 1.00 bits per heavy atom. The Morgan fingerprint density at radius 2 is 1.70 bits per heavy atom. The minimum absolute atomic E-state index is 0.242. The minimum Gasteiger partial charge on any atom is -0.399 e. The molecule has 0 heterocycles. The number of nitrogen functional groups attached to an aromatic ring is 1. The summed E-state index contributed by atoms with van der Waals surface area (Å²) in [5.41, 5.74) is 6.09. The second-order valence-corrected chi connectivity index (χ2v) is 4.39. The van der Waals surface area contributed by atoms with Crippen LogP contribution in [0.1, 0.15) is 11.1 Å². The first-order valence-corrected chi connectivity index (χ1v) is 5.77. The maximum absolute atomic E-state index is 13.6. The third-order valence-electron chi connectivity index (χ3n) is 2.82. The molecule has 0 aromatic heterocycles. The fraction of sp³-hybridized carbons (Fsp3) is 0.143. The van der Waals surface area contributed by atoms with Crippen LogP contribution in [-0.4, -0.2) is 0 Å². The fourth-order valence-corrected chi connectivity index (χ4v) is 1.72. The molecule has 2 nitrogen and oxygen atoms in total. The van der Waals surface area contributed by atoms with Crippen molar-refractivity contribution < 1.29 is 17.6 Å². The lowest BCUT2D eigenvalue weighted by atomic mass is 10.1. The molecular weight excluding hydrogens is 272 g/mol. The number of aryl methyl sites for hydroxylation is 1. The maximum atomic E-state index is 13.6. The second kappa shape index (κ2) is 5.03. The number of rotatable bonds is 2. The molecule has 20 heavy (non-hydrogen) atoms. The van der Waals surface area contributed by atoms with Crippen molar-refractivity contribution in [1.29, 1.82) is 0 Å². The van der Waals surface area contributed by atoms with Gasteiger partial charge < -0.3 is 11.1 Å². The van der Waals surface area contributed by atoms with Crippen LogP contribution in [0, 0.1) is 12.7 Å². The van der Waals surface area contributed by atoms with Crippen LogP contribution < -0.4 is 11.1 Å². The lowest BCUT2D eigenvalue weighted by Gasteiger charge is -2.13. The van der Waals surface area contributed by atoms with Gasteiger partial charge in [-0.15, -0.1) is 0 Å². The molecule has 3 N–H and O–H groups in total. The molecule has 2 aromatic carbocycles. The van der Waals surface area contributed by atoms with Crippen LogP contribution in [-0.2, 0) is 6.18 Å².